The molecule has 0 atom stereocenters. The number of rotatable bonds is 4. The summed E-state index contributed by atoms with van der Waals surface area (Å²) in [5.74, 6) is -2.01. The summed E-state index contributed by atoms with van der Waals surface area (Å²) in [7, 11) is 0. The number of benzene rings is 1. The monoisotopic (exact) mass is 277 g/mol. The largest absolute Gasteiger partial charge is 0.419 e. The van der Waals surface area contributed by atoms with Gasteiger partial charge in [0.25, 0.3) is 0 Å². The van der Waals surface area contributed by atoms with E-state index in [2.05, 4.69) is 0 Å². The van der Waals surface area contributed by atoms with Gasteiger partial charge in [0.2, 0.25) is 0 Å². The summed E-state index contributed by atoms with van der Waals surface area (Å²) in [6, 6.07) is 2.19. The van der Waals surface area contributed by atoms with E-state index in [0.717, 1.165) is 6.07 Å². The SMILES string of the molecule is CCC(N)(CC)C(=O)c1ccc(F)c(C(F)(F)F)c1. The van der Waals surface area contributed by atoms with E-state index in [1.54, 1.807) is 13.8 Å². The van der Waals surface area contributed by atoms with Gasteiger partial charge in [0, 0.05) is 5.56 Å². The van der Waals surface area contributed by atoms with Gasteiger partial charge in [0.15, 0.2) is 5.78 Å². The summed E-state index contributed by atoms with van der Waals surface area (Å²) < 4.78 is 50.8. The van der Waals surface area contributed by atoms with E-state index < -0.39 is 28.9 Å². The third-order valence-electron chi connectivity index (χ3n) is 3.25. The van der Waals surface area contributed by atoms with E-state index in [-0.39, 0.29) is 5.56 Å². The highest BCUT2D eigenvalue weighted by atomic mass is 19.4. The predicted octanol–water partition coefficient (Wildman–Crippen LogP) is 3.54. The van der Waals surface area contributed by atoms with Crippen LogP contribution in [0, 0.1) is 5.82 Å². The molecule has 106 valence electrons. The van der Waals surface area contributed by atoms with Gasteiger partial charge in [-0.05, 0) is 31.0 Å². The van der Waals surface area contributed by atoms with Crippen LogP contribution in [-0.2, 0) is 6.18 Å². The van der Waals surface area contributed by atoms with Crippen LogP contribution in [0.3, 0.4) is 0 Å². The van der Waals surface area contributed by atoms with E-state index >= 15 is 0 Å². The molecule has 0 bridgehead atoms. The highest BCUT2D eigenvalue weighted by Gasteiger charge is 2.37. The number of nitrogens with two attached hydrogens (primary N) is 1. The molecule has 0 aliphatic carbocycles. The van der Waals surface area contributed by atoms with Crippen LogP contribution >= 0.6 is 0 Å². The molecule has 2 nitrogen and oxygen atoms in total. The van der Waals surface area contributed by atoms with Crippen LogP contribution in [0.25, 0.3) is 0 Å². The van der Waals surface area contributed by atoms with Gasteiger partial charge in [0.1, 0.15) is 5.82 Å². The standard InChI is InChI=1S/C13H15F4NO/c1-3-12(18,4-2)11(19)8-5-6-10(14)9(7-8)13(15,16)17/h5-7H,3-4,18H2,1-2H3. The van der Waals surface area contributed by atoms with Crippen LogP contribution in [0.15, 0.2) is 18.2 Å². The van der Waals surface area contributed by atoms with E-state index in [0.29, 0.717) is 25.0 Å². The zero-order chi connectivity index (χ0) is 14.8. The average molecular weight is 277 g/mol. The third-order valence-corrected chi connectivity index (χ3v) is 3.25. The van der Waals surface area contributed by atoms with Crippen molar-refractivity contribution in [1.29, 1.82) is 0 Å². The molecule has 1 aromatic rings. The Hall–Kier alpha value is -1.43. The molecule has 0 unspecified atom stereocenters. The summed E-state index contributed by atoms with van der Waals surface area (Å²) in [6.07, 6.45) is -4.25. The van der Waals surface area contributed by atoms with Crippen LogP contribution in [0.4, 0.5) is 17.6 Å². The third kappa shape index (κ3) is 3.12. The molecule has 0 amide bonds. The van der Waals surface area contributed by atoms with Gasteiger partial charge in [-0.3, -0.25) is 4.79 Å². The van der Waals surface area contributed by atoms with E-state index in [9.17, 15) is 22.4 Å². The van der Waals surface area contributed by atoms with E-state index in [1.165, 1.54) is 0 Å². The Kier molecular flexibility index (Phi) is 4.35. The molecule has 0 fully saturated rings. The Morgan fingerprint density at radius 2 is 1.74 bits per heavy atom. The molecular weight excluding hydrogens is 262 g/mol. The van der Waals surface area contributed by atoms with E-state index in [1.807, 2.05) is 0 Å². The second-order valence-electron chi connectivity index (χ2n) is 4.38. The van der Waals surface area contributed by atoms with Gasteiger partial charge >= 0.3 is 6.18 Å². The fraction of sp³-hybridized carbons (Fsp3) is 0.462. The first kappa shape index (κ1) is 15.6. The second kappa shape index (κ2) is 5.28. The Morgan fingerprint density at radius 3 is 2.16 bits per heavy atom. The maximum atomic E-state index is 13.1. The molecule has 0 aliphatic heterocycles. The van der Waals surface area contributed by atoms with Gasteiger partial charge in [-0.1, -0.05) is 13.8 Å². The van der Waals surface area contributed by atoms with Crippen LogP contribution in [0.1, 0.15) is 42.6 Å². The molecule has 19 heavy (non-hydrogen) atoms. The molecule has 0 radical (unpaired) electrons. The molecule has 0 aromatic heterocycles. The van der Waals surface area contributed by atoms with Gasteiger partial charge in [-0.2, -0.15) is 13.2 Å². The fourth-order valence-electron chi connectivity index (χ4n) is 1.74. The lowest BCUT2D eigenvalue weighted by molar-refractivity contribution is -0.140. The average Bonchev–Trinajstić information content (AvgIpc) is 2.36. The highest BCUT2D eigenvalue weighted by Crippen LogP contribution is 2.32. The van der Waals surface area contributed by atoms with Crippen molar-refractivity contribution in [3.63, 3.8) is 0 Å². The lowest BCUT2D eigenvalue weighted by atomic mass is 9.85. The minimum atomic E-state index is -4.84. The fourth-order valence-corrected chi connectivity index (χ4v) is 1.74. The summed E-state index contributed by atoms with van der Waals surface area (Å²) in [4.78, 5) is 12.1. The summed E-state index contributed by atoms with van der Waals surface area (Å²) >= 11 is 0. The number of alkyl halides is 3. The van der Waals surface area contributed by atoms with Crippen LogP contribution < -0.4 is 5.73 Å². The maximum absolute atomic E-state index is 13.1. The highest BCUT2D eigenvalue weighted by molar-refractivity contribution is 6.03. The normalized spacial score (nSPS) is 12.6. The van der Waals surface area contributed by atoms with Crippen molar-refractivity contribution in [2.75, 3.05) is 0 Å². The van der Waals surface area contributed by atoms with Crippen LogP contribution in [-0.4, -0.2) is 11.3 Å². The second-order valence-corrected chi connectivity index (χ2v) is 4.38. The van der Waals surface area contributed by atoms with Gasteiger partial charge in [0.05, 0.1) is 11.1 Å². The summed E-state index contributed by atoms with van der Waals surface area (Å²) in [6.45, 7) is 3.35. The molecular formula is C13H15F4NO. The number of hydrogen-bond acceptors (Lipinski definition) is 2. The minimum Gasteiger partial charge on any atom is -0.319 e. The Bertz CT molecular complexity index is 478. The molecule has 0 heterocycles. The Labute approximate surface area is 108 Å². The first-order valence-corrected chi connectivity index (χ1v) is 5.86. The van der Waals surface area contributed by atoms with Gasteiger partial charge < -0.3 is 5.73 Å². The molecule has 2 N–H and O–H groups in total. The Morgan fingerprint density at radius 1 is 1.21 bits per heavy atom. The predicted molar refractivity (Wildman–Crippen MR) is 63.2 cm³/mol. The number of hydrogen-bond donors (Lipinski definition) is 1. The van der Waals surface area contributed by atoms with Gasteiger partial charge in [-0.15, -0.1) is 0 Å². The lowest BCUT2D eigenvalue weighted by Gasteiger charge is -2.25. The van der Waals surface area contributed by atoms with Crippen molar-refractivity contribution < 1.29 is 22.4 Å². The van der Waals surface area contributed by atoms with Gasteiger partial charge in [-0.25, -0.2) is 4.39 Å². The van der Waals surface area contributed by atoms with Crippen molar-refractivity contribution in [2.45, 2.75) is 38.4 Å². The summed E-state index contributed by atoms with van der Waals surface area (Å²) in [5, 5.41) is 0. The smallest absolute Gasteiger partial charge is 0.319 e. The van der Waals surface area contributed by atoms with E-state index in [4.69, 9.17) is 5.73 Å². The maximum Gasteiger partial charge on any atom is 0.419 e. The number of halogens is 4. The molecule has 1 rings (SSSR count). The van der Waals surface area contributed by atoms with Crippen molar-refractivity contribution in [3.8, 4) is 0 Å². The molecule has 0 aliphatic rings. The zero-order valence-corrected chi connectivity index (χ0v) is 10.6. The zero-order valence-electron chi connectivity index (χ0n) is 10.6. The molecule has 6 heteroatoms. The lowest BCUT2D eigenvalue weighted by Crippen LogP contribution is -2.46. The quantitative estimate of drug-likeness (QED) is 0.675. The van der Waals surface area contributed by atoms with Crippen molar-refractivity contribution >= 4 is 5.78 Å². The molecule has 0 spiro atoms. The number of carbonyl (C=O) groups is 1. The number of Topliss-reactive ketones (excluding diaryl/α,β-unsaturated/α-hetero) is 1. The number of ketones is 1. The minimum absolute atomic E-state index is 0.222. The van der Waals surface area contributed by atoms with Crippen LogP contribution in [0.5, 0.6) is 0 Å². The van der Waals surface area contributed by atoms with Crippen LogP contribution in [0.2, 0.25) is 0 Å². The van der Waals surface area contributed by atoms with Crippen molar-refractivity contribution in [1.82, 2.24) is 0 Å². The van der Waals surface area contributed by atoms with Crippen molar-refractivity contribution in [2.24, 2.45) is 5.73 Å². The molecule has 0 saturated heterocycles. The topological polar surface area (TPSA) is 43.1 Å². The number of carbonyl (C=O) groups excluding carboxylic acids is 1. The Balaban J connectivity index is 3.27. The van der Waals surface area contributed by atoms with Crippen molar-refractivity contribution in [3.05, 3.63) is 35.1 Å². The summed E-state index contributed by atoms with van der Waals surface area (Å²) in [5.41, 5.74) is 2.95. The first-order chi connectivity index (χ1) is 8.65. The first-order valence-electron chi connectivity index (χ1n) is 5.86. The molecule has 0 saturated carbocycles. The molecule has 1 aromatic carbocycles.